The van der Waals surface area contributed by atoms with Crippen molar-refractivity contribution in [1.29, 1.82) is 0 Å². The third-order valence-corrected chi connectivity index (χ3v) is 7.16. The second-order valence-corrected chi connectivity index (χ2v) is 11.4. The lowest BCUT2D eigenvalue weighted by molar-refractivity contribution is -0.108. The van der Waals surface area contributed by atoms with Crippen LogP contribution in [0.25, 0.3) is 0 Å². The van der Waals surface area contributed by atoms with E-state index in [0.29, 0.717) is 30.8 Å². The molecule has 2 aromatic rings. The maximum Gasteiger partial charge on any atom is 0.507 e. The number of rotatable bonds is 8. The second-order valence-electron chi connectivity index (χ2n) is 10.5. The summed E-state index contributed by atoms with van der Waals surface area (Å²) in [5, 5.41) is 12.3. The fraction of sp³-hybridized carbons (Fsp3) is 0.577. The van der Waals surface area contributed by atoms with Crippen molar-refractivity contribution in [3.63, 3.8) is 0 Å². The van der Waals surface area contributed by atoms with E-state index in [9.17, 15) is 14.7 Å². The Morgan fingerprint density at radius 3 is 2.51 bits per heavy atom. The van der Waals surface area contributed by atoms with Gasteiger partial charge in [0.1, 0.15) is 10.8 Å². The summed E-state index contributed by atoms with van der Waals surface area (Å²) in [5.41, 5.74) is -0.160. The molecule has 0 unspecified atom stereocenters. The molecule has 0 spiro atoms. The van der Waals surface area contributed by atoms with E-state index in [4.69, 9.17) is 14.2 Å². The average molecular weight is 505 g/mol. The zero-order chi connectivity index (χ0) is 26.0. The summed E-state index contributed by atoms with van der Waals surface area (Å²) in [7, 11) is 3.18. The summed E-state index contributed by atoms with van der Waals surface area (Å²) in [6.07, 6.45) is 0.942. The molecule has 1 aromatic carbocycles. The maximum atomic E-state index is 14.2. The SMILES string of the molecule is COC[C@H]1C[C@](CC(C)C)(OC(=O)O)N(C(=O)c2ccc(C(C)(C)C)c(OC)c2)[C@H]1c1nccs1. The number of thiazole rings is 1. The Hall–Kier alpha value is -2.65. The van der Waals surface area contributed by atoms with E-state index >= 15 is 0 Å². The van der Waals surface area contributed by atoms with Crippen molar-refractivity contribution >= 4 is 23.4 Å². The van der Waals surface area contributed by atoms with Crippen LogP contribution >= 0.6 is 11.3 Å². The Labute approximate surface area is 211 Å². The molecule has 0 aliphatic carbocycles. The number of hydrogen-bond donors (Lipinski definition) is 1. The molecule has 1 fully saturated rings. The first kappa shape index (κ1) is 26.9. The maximum absolute atomic E-state index is 14.2. The smallest absolute Gasteiger partial charge is 0.496 e. The quantitative estimate of drug-likeness (QED) is 0.458. The Kier molecular flexibility index (Phi) is 8.11. The van der Waals surface area contributed by atoms with Crippen LogP contribution in [-0.4, -0.2) is 53.6 Å². The molecule has 2 heterocycles. The fourth-order valence-corrected chi connectivity index (χ4v) is 5.97. The van der Waals surface area contributed by atoms with E-state index in [1.807, 2.05) is 25.3 Å². The van der Waals surface area contributed by atoms with E-state index in [2.05, 4.69) is 25.8 Å². The van der Waals surface area contributed by atoms with Crippen molar-refractivity contribution in [2.24, 2.45) is 11.8 Å². The van der Waals surface area contributed by atoms with Crippen molar-refractivity contribution in [1.82, 2.24) is 9.88 Å². The van der Waals surface area contributed by atoms with Gasteiger partial charge in [0.05, 0.1) is 19.8 Å². The van der Waals surface area contributed by atoms with Crippen molar-refractivity contribution in [2.45, 2.75) is 64.6 Å². The van der Waals surface area contributed by atoms with Gasteiger partial charge >= 0.3 is 6.16 Å². The zero-order valence-corrected chi connectivity index (χ0v) is 22.3. The number of carbonyl (C=O) groups is 2. The minimum Gasteiger partial charge on any atom is -0.496 e. The van der Waals surface area contributed by atoms with Crippen LogP contribution in [0.2, 0.25) is 0 Å². The molecule has 0 bridgehead atoms. The van der Waals surface area contributed by atoms with Gasteiger partial charge in [-0.2, -0.15) is 0 Å². The molecule has 192 valence electrons. The molecule has 3 atom stereocenters. The molecule has 8 nitrogen and oxygen atoms in total. The van der Waals surface area contributed by atoms with Gasteiger partial charge in [0.2, 0.25) is 0 Å². The number of ether oxygens (including phenoxy) is 3. The highest BCUT2D eigenvalue weighted by atomic mass is 32.1. The molecule has 1 N–H and O–H groups in total. The van der Waals surface area contributed by atoms with Gasteiger partial charge in [0.15, 0.2) is 5.72 Å². The van der Waals surface area contributed by atoms with Crippen LogP contribution in [0, 0.1) is 11.8 Å². The predicted octanol–water partition coefficient (Wildman–Crippen LogP) is 5.74. The van der Waals surface area contributed by atoms with Crippen molar-refractivity contribution in [3.05, 3.63) is 45.9 Å². The highest BCUT2D eigenvalue weighted by Gasteiger charge is 2.58. The molecule has 1 aliphatic rings. The Morgan fingerprint density at radius 2 is 2.00 bits per heavy atom. The predicted molar refractivity (Wildman–Crippen MR) is 134 cm³/mol. The van der Waals surface area contributed by atoms with Gasteiger partial charge in [-0.15, -0.1) is 11.3 Å². The topological polar surface area (TPSA) is 98.2 Å². The van der Waals surface area contributed by atoms with Crippen molar-refractivity contribution < 1.29 is 28.9 Å². The largest absolute Gasteiger partial charge is 0.507 e. The van der Waals surface area contributed by atoms with Crippen LogP contribution in [0.5, 0.6) is 5.75 Å². The van der Waals surface area contributed by atoms with E-state index in [0.717, 1.165) is 10.6 Å². The first-order chi connectivity index (χ1) is 16.4. The summed E-state index contributed by atoms with van der Waals surface area (Å²) in [5.74, 6) is 0.157. The van der Waals surface area contributed by atoms with Crippen LogP contribution in [0.3, 0.4) is 0 Å². The molecule has 1 amide bonds. The number of carboxylic acid groups (broad SMARTS) is 1. The summed E-state index contributed by atoms with van der Waals surface area (Å²) in [6, 6.07) is 4.91. The molecule has 3 rings (SSSR count). The summed E-state index contributed by atoms with van der Waals surface area (Å²) in [6.45, 7) is 10.5. The van der Waals surface area contributed by atoms with E-state index in [1.165, 1.54) is 11.3 Å². The van der Waals surface area contributed by atoms with Gasteiger partial charge in [0, 0.05) is 43.0 Å². The number of methoxy groups -OCH3 is 2. The van der Waals surface area contributed by atoms with E-state index < -0.39 is 17.9 Å². The zero-order valence-electron chi connectivity index (χ0n) is 21.5. The third kappa shape index (κ3) is 5.62. The first-order valence-electron chi connectivity index (χ1n) is 11.8. The molecule has 1 aromatic heterocycles. The van der Waals surface area contributed by atoms with Gasteiger partial charge in [-0.1, -0.05) is 40.7 Å². The third-order valence-electron chi connectivity index (χ3n) is 6.31. The van der Waals surface area contributed by atoms with Gasteiger partial charge < -0.3 is 19.3 Å². The standard InChI is InChI=1S/C26H36N2O6S/c1-16(2)13-26(34-24(30)31)14-18(15-32-6)21(22-27-10-11-35-22)28(26)23(29)17-8-9-19(25(3,4)5)20(12-17)33-7/h8-12,16,18,21H,13-15H2,1-7H3,(H,30,31)/t18-,21-,26+/m1/s1. The Balaban J connectivity index is 2.19. The molecule has 0 saturated carbocycles. The van der Waals surface area contributed by atoms with E-state index in [-0.39, 0.29) is 23.2 Å². The highest BCUT2D eigenvalue weighted by Crippen LogP contribution is 2.51. The molecule has 0 radical (unpaired) electrons. The highest BCUT2D eigenvalue weighted by molar-refractivity contribution is 7.09. The van der Waals surface area contributed by atoms with Crippen LogP contribution in [0.1, 0.15) is 74.4 Å². The molecule has 35 heavy (non-hydrogen) atoms. The number of benzene rings is 1. The summed E-state index contributed by atoms with van der Waals surface area (Å²) < 4.78 is 16.8. The van der Waals surface area contributed by atoms with Gasteiger partial charge in [-0.25, -0.2) is 9.78 Å². The number of hydrogen-bond acceptors (Lipinski definition) is 7. The minimum atomic E-state index is -1.42. The Bertz CT molecular complexity index is 1030. The molecular formula is C26H36N2O6S. The first-order valence-corrected chi connectivity index (χ1v) is 12.6. The number of aromatic nitrogens is 1. The summed E-state index contributed by atoms with van der Waals surface area (Å²) >= 11 is 1.43. The van der Waals surface area contributed by atoms with Crippen LogP contribution in [-0.2, 0) is 14.9 Å². The Morgan fingerprint density at radius 1 is 1.29 bits per heavy atom. The number of amides is 1. The molecule has 1 aliphatic heterocycles. The monoisotopic (exact) mass is 504 g/mol. The second kappa shape index (κ2) is 10.5. The minimum absolute atomic E-state index is 0.0701. The molecular weight excluding hydrogens is 468 g/mol. The number of carbonyl (C=O) groups excluding carboxylic acids is 1. The van der Waals surface area contributed by atoms with Crippen LogP contribution in [0.4, 0.5) is 4.79 Å². The van der Waals surface area contributed by atoms with Crippen LogP contribution < -0.4 is 4.74 Å². The van der Waals surface area contributed by atoms with E-state index in [1.54, 1.807) is 37.4 Å². The number of nitrogens with zero attached hydrogens (tertiary/aromatic N) is 2. The summed E-state index contributed by atoms with van der Waals surface area (Å²) in [4.78, 5) is 32.3. The number of likely N-dealkylation sites (tertiary alicyclic amines) is 1. The fourth-order valence-electron chi connectivity index (χ4n) is 5.15. The lowest BCUT2D eigenvalue weighted by atomic mass is 9.85. The van der Waals surface area contributed by atoms with Crippen molar-refractivity contribution in [3.8, 4) is 5.75 Å². The normalized spacial score (nSPS) is 22.5. The van der Waals surface area contributed by atoms with Gasteiger partial charge in [-0.05, 0) is 29.0 Å². The molecule has 9 heteroatoms. The average Bonchev–Trinajstić information content (AvgIpc) is 3.37. The van der Waals surface area contributed by atoms with Crippen molar-refractivity contribution in [2.75, 3.05) is 20.8 Å². The lowest BCUT2D eigenvalue weighted by Gasteiger charge is -2.40. The van der Waals surface area contributed by atoms with Gasteiger partial charge in [0.25, 0.3) is 5.91 Å². The van der Waals surface area contributed by atoms with Gasteiger partial charge in [-0.3, -0.25) is 9.69 Å². The lowest BCUT2D eigenvalue weighted by Crippen LogP contribution is -2.52. The van der Waals surface area contributed by atoms with Crippen LogP contribution in [0.15, 0.2) is 29.8 Å². The molecule has 1 saturated heterocycles.